The lowest BCUT2D eigenvalue weighted by molar-refractivity contribution is -0.122. The van der Waals surface area contributed by atoms with Crippen LogP contribution in [0, 0.1) is 5.92 Å². The Hall–Kier alpha value is -2.62. The molecule has 26 heavy (non-hydrogen) atoms. The quantitative estimate of drug-likeness (QED) is 0.840. The molecule has 1 fully saturated rings. The number of rotatable bonds is 6. The Labute approximate surface area is 154 Å². The minimum absolute atomic E-state index is 0.0273. The number of carbonyl (C=O) groups is 2. The van der Waals surface area contributed by atoms with E-state index in [2.05, 4.69) is 34.9 Å². The molecular formula is C22H24N2O2. The number of hydrogen-bond donors (Lipinski definition) is 2. The van der Waals surface area contributed by atoms with Gasteiger partial charge in [0.1, 0.15) is 0 Å². The molecule has 0 aromatic heterocycles. The van der Waals surface area contributed by atoms with Gasteiger partial charge < -0.3 is 10.6 Å². The van der Waals surface area contributed by atoms with Gasteiger partial charge in [0.15, 0.2) is 0 Å². The fourth-order valence-electron chi connectivity index (χ4n) is 3.82. The first-order valence-electron chi connectivity index (χ1n) is 9.37. The number of para-hydroxylation sites is 1. The molecule has 1 saturated carbocycles. The normalized spacial score (nSPS) is 20.0. The van der Waals surface area contributed by atoms with E-state index in [1.54, 1.807) is 0 Å². The number of benzene rings is 2. The summed E-state index contributed by atoms with van der Waals surface area (Å²) in [4.78, 5) is 24.5. The summed E-state index contributed by atoms with van der Waals surface area (Å²) in [5.41, 5.74) is 3.48. The smallest absolute Gasteiger partial charge is 0.227 e. The van der Waals surface area contributed by atoms with Crippen LogP contribution in [0.3, 0.4) is 0 Å². The lowest BCUT2D eigenvalue weighted by atomic mass is 9.89. The molecule has 0 bridgehead atoms. The molecule has 1 aliphatic carbocycles. The van der Waals surface area contributed by atoms with Gasteiger partial charge in [0.2, 0.25) is 11.8 Å². The van der Waals surface area contributed by atoms with Crippen LogP contribution in [0.1, 0.15) is 36.8 Å². The lowest BCUT2D eigenvalue weighted by Crippen LogP contribution is -2.34. The highest BCUT2D eigenvalue weighted by atomic mass is 16.2. The zero-order chi connectivity index (χ0) is 18.0. The molecule has 2 amide bonds. The second kappa shape index (κ2) is 6.94. The number of hydrogen-bond acceptors (Lipinski definition) is 2. The highest BCUT2D eigenvalue weighted by molar-refractivity contribution is 5.96. The van der Waals surface area contributed by atoms with Gasteiger partial charge in [0, 0.05) is 30.0 Å². The van der Waals surface area contributed by atoms with Gasteiger partial charge in [-0.3, -0.25) is 9.59 Å². The van der Waals surface area contributed by atoms with E-state index in [-0.39, 0.29) is 23.1 Å². The number of anilines is 1. The summed E-state index contributed by atoms with van der Waals surface area (Å²) < 4.78 is 0. The van der Waals surface area contributed by atoms with Crippen LogP contribution in [0.5, 0.6) is 0 Å². The molecule has 0 spiro atoms. The van der Waals surface area contributed by atoms with E-state index in [1.807, 2.05) is 30.3 Å². The summed E-state index contributed by atoms with van der Waals surface area (Å²) >= 11 is 0. The van der Waals surface area contributed by atoms with Gasteiger partial charge in [-0.05, 0) is 42.9 Å². The Morgan fingerprint density at radius 1 is 1.08 bits per heavy atom. The van der Waals surface area contributed by atoms with Crippen LogP contribution in [-0.2, 0) is 21.4 Å². The van der Waals surface area contributed by atoms with Gasteiger partial charge in [-0.2, -0.15) is 0 Å². The number of nitrogens with one attached hydrogen (secondary N) is 2. The SMILES string of the molecule is O=C(CCC1Cc2ccccc2NC1=O)NCC1(c2ccccc2)CC1. The Bertz CT molecular complexity index is 812. The molecule has 1 aliphatic heterocycles. The van der Waals surface area contributed by atoms with Crippen molar-refractivity contribution in [2.75, 3.05) is 11.9 Å². The maximum absolute atomic E-state index is 12.3. The van der Waals surface area contributed by atoms with Gasteiger partial charge in [0.25, 0.3) is 0 Å². The summed E-state index contributed by atoms with van der Waals surface area (Å²) in [6.07, 6.45) is 3.94. The van der Waals surface area contributed by atoms with E-state index in [0.717, 1.165) is 24.1 Å². The lowest BCUT2D eigenvalue weighted by Gasteiger charge is -2.24. The molecule has 2 aliphatic rings. The van der Waals surface area contributed by atoms with Crippen molar-refractivity contribution in [2.24, 2.45) is 5.92 Å². The second-order valence-electron chi connectivity index (χ2n) is 7.51. The molecular weight excluding hydrogens is 324 g/mol. The highest BCUT2D eigenvalue weighted by Gasteiger charge is 2.44. The monoisotopic (exact) mass is 348 g/mol. The van der Waals surface area contributed by atoms with Gasteiger partial charge in [-0.1, -0.05) is 48.5 Å². The van der Waals surface area contributed by atoms with Crippen LogP contribution in [0.4, 0.5) is 5.69 Å². The fraction of sp³-hybridized carbons (Fsp3) is 0.364. The molecule has 2 aromatic carbocycles. The average Bonchev–Trinajstić information content (AvgIpc) is 3.47. The maximum atomic E-state index is 12.3. The standard InChI is InChI=1S/C22H24N2O2/c25-20(23-15-22(12-13-22)18-7-2-1-3-8-18)11-10-17-14-16-6-4-5-9-19(16)24-21(17)26/h1-9,17H,10-15H2,(H,23,25)(H,24,26). The molecule has 0 saturated heterocycles. The van der Waals surface area contributed by atoms with Crippen LogP contribution in [-0.4, -0.2) is 18.4 Å². The van der Waals surface area contributed by atoms with Crippen molar-refractivity contribution >= 4 is 17.5 Å². The zero-order valence-corrected chi connectivity index (χ0v) is 14.8. The summed E-state index contributed by atoms with van der Waals surface area (Å²) in [6.45, 7) is 0.690. The van der Waals surface area contributed by atoms with Crippen LogP contribution >= 0.6 is 0 Å². The third kappa shape index (κ3) is 3.50. The topological polar surface area (TPSA) is 58.2 Å². The van der Waals surface area contributed by atoms with Crippen molar-refractivity contribution in [1.29, 1.82) is 0 Å². The van der Waals surface area contributed by atoms with Crippen molar-refractivity contribution in [3.05, 3.63) is 65.7 Å². The maximum Gasteiger partial charge on any atom is 0.227 e. The minimum atomic E-state index is -0.125. The first kappa shape index (κ1) is 16.8. The van der Waals surface area contributed by atoms with Crippen molar-refractivity contribution in [1.82, 2.24) is 5.32 Å². The molecule has 134 valence electrons. The van der Waals surface area contributed by atoms with Crippen LogP contribution in [0.15, 0.2) is 54.6 Å². The van der Waals surface area contributed by atoms with Crippen molar-refractivity contribution in [3.8, 4) is 0 Å². The summed E-state index contributed by atoms with van der Waals surface area (Å²) in [5, 5.41) is 6.04. The molecule has 1 atom stereocenters. The fourth-order valence-corrected chi connectivity index (χ4v) is 3.82. The van der Waals surface area contributed by atoms with Crippen LogP contribution < -0.4 is 10.6 Å². The van der Waals surface area contributed by atoms with Crippen LogP contribution in [0.2, 0.25) is 0 Å². The molecule has 0 radical (unpaired) electrons. The summed E-state index contributed by atoms with van der Waals surface area (Å²) in [6, 6.07) is 18.3. The van der Waals surface area contributed by atoms with E-state index in [1.165, 1.54) is 5.56 Å². The predicted molar refractivity (Wildman–Crippen MR) is 102 cm³/mol. The molecule has 2 aromatic rings. The van der Waals surface area contributed by atoms with Gasteiger partial charge >= 0.3 is 0 Å². The number of fused-ring (bicyclic) bond motifs is 1. The van der Waals surface area contributed by atoms with E-state index < -0.39 is 0 Å². The Morgan fingerprint density at radius 2 is 1.81 bits per heavy atom. The third-order valence-corrected chi connectivity index (χ3v) is 5.70. The van der Waals surface area contributed by atoms with Crippen molar-refractivity contribution in [3.63, 3.8) is 0 Å². The zero-order valence-electron chi connectivity index (χ0n) is 14.8. The average molecular weight is 348 g/mol. The van der Waals surface area contributed by atoms with E-state index in [4.69, 9.17) is 0 Å². The summed E-state index contributed by atoms with van der Waals surface area (Å²) in [7, 11) is 0. The molecule has 4 nitrogen and oxygen atoms in total. The summed E-state index contributed by atoms with van der Waals surface area (Å²) in [5.74, 6) is -0.0574. The number of amides is 2. The largest absolute Gasteiger partial charge is 0.355 e. The minimum Gasteiger partial charge on any atom is -0.355 e. The first-order chi connectivity index (χ1) is 12.7. The molecule has 4 heteroatoms. The van der Waals surface area contributed by atoms with Gasteiger partial charge in [-0.25, -0.2) is 0 Å². The van der Waals surface area contributed by atoms with Crippen molar-refractivity contribution < 1.29 is 9.59 Å². The first-order valence-corrected chi connectivity index (χ1v) is 9.37. The Morgan fingerprint density at radius 3 is 2.58 bits per heavy atom. The molecule has 1 unspecified atom stereocenters. The van der Waals surface area contributed by atoms with E-state index >= 15 is 0 Å². The van der Waals surface area contributed by atoms with Crippen molar-refractivity contribution in [2.45, 2.75) is 37.5 Å². The molecule has 4 rings (SSSR count). The Kier molecular flexibility index (Phi) is 4.49. The number of carbonyl (C=O) groups excluding carboxylic acids is 2. The van der Waals surface area contributed by atoms with E-state index in [0.29, 0.717) is 25.8 Å². The third-order valence-electron chi connectivity index (χ3n) is 5.70. The Balaban J connectivity index is 1.28. The van der Waals surface area contributed by atoms with Crippen LogP contribution in [0.25, 0.3) is 0 Å². The second-order valence-corrected chi connectivity index (χ2v) is 7.51. The van der Waals surface area contributed by atoms with E-state index in [9.17, 15) is 9.59 Å². The van der Waals surface area contributed by atoms with Gasteiger partial charge in [-0.15, -0.1) is 0 Å². The predicted octanol–water partition coefficient (Wildman–Crippen LogP) is 3.43. The highest BCUT2D eigenvalue weighted by Crippen LogP contribution is 2.47. The molecule has 1 heterocycles. The molecule has 2 N–H and O–H groups in total. The van der Waals surface area contributed by atoms with Gasteiger partial charge in [0.05, 0.1) is 0 Å².